The van der Waals surface area contributed by atoms with Crippen LogP contribution in [-0.2, 0) is 11.3 Å². The molecule has 7 heteroatoms. The molecule has 2 atom stereocenters. The van der Waals surface area contributed by atoms with Gasteiger partial charge in [0.15, 0.2) is 5.96 Å². The summed E-state index contributed by atoms with van der Waals surface area (Å²) in [5.74, 6) is 0.954. The molecule has 4 rings (SSSR count). The Bertz CT molecular complexity index is 969. The maximum atomic E-state index is 12.8. The Morgan fingerprint density at radius 1 is 1.25 bits per heavy atom. The van der Waals surface area contributed by atoms with Gasteiger partial charge >= 0.3 is 0 Å². The van der Waals surface area contributed by atoms with E-state index in [1.165, 1.54) is 4.90 Å². The van der Waals surface area contributed by atoms with E-state index in [1.807, 2.05) is 62.4 Å². The molecular formula is C25H32N4O3. The molecule has 2 aliphatic rings. The SMILES string of the molecule is CCC1(CC)CC(=O)N(Cc2cccc(C(O)NC3CCOc4ccccc43)c2)C(=N)N1. The number of nitrogens with zero attached hydrogens (tertiary/aromatic N) is 1. The van der Waals surface area contributed by atoms with Crippen LogP contribution in [0.3, 0.4) is 0 Å². The molecule has 0 saturated carbocycles. The fourth-order valence-corrected chi connectivity index (χ4v) is 4.56. The molecule has 1 amide bonds. The number of hydrogen-bond acceptors (Lipinski definition) is 5. The van der Waals surface area contributed by atoms with Crippen LogP contribution in [0, 0.1) is 5.41 Å². The van der Waals surface area contributed by atoms with Gasteiger partial charge in [0.1, 0.15) is 12.0 Å². The second-order valence-corrected chi connectivity index (χ2v) is 8.66. The number of rotatable bonds is 7. The van der Waals surface area contributed by atoms with Gasteiger partial charge in [0, 0.05) is 23.6 Å². The minimum absolute atomic E-state index is 0.00383. The number of guanidine groups is 1. The summed E-state index contributed by atoms with van der Waals surface area (Å²) in [5, 5.41) is 25.8. The first-order chi connectivity index (χ1) is 15.4. The lowest BCUT2D eigenvalue weighted by atomic mass is 9.87. The van der Waals surface area contributed by atoms with Gasteiger partial charge in [-0.05, 0) is 30.0 Å². The van der Waals surface area contributed by atoms with Crippen molar-refractivity contribution in [3.63, 3.8) is 0 Å². The Morgan fingerprint density at radius 3 is 2.78 bits per heavy atom. The number of amides is 1. The van der Waals surface area contributed by atoms with Gasteiger partial charge in [-0.1, -0.05) is 56.3 Å². The number of benzene rings is 2. The summed E-state index contributed by atoms with van der Waals surface area (Å²) in [4.78, 5) is 14.3. The van der Waals surface area contributed by atoms with Crippen molar-refractivity contribution in [2.75, 3.05) is 6.61 Å². The minimum atomic E-state index is -0.853. The van der Waals surface area contributed by atoms with Crippen LogP contribution in [0.25, 0.3) is 0 Å². The van der Waals surface area contributed by atoms with Crippen LogP contribution in [0.15, 0.2) is 48.5 Å². The third-order valence-corrected chi connectivity index (χ3v) is 6.72. The number of aliphatic hydroxyl groups excluding tert-OH is 1. The van der Waals surface area contributed by atoms with E-state index in [4.69, 9.17) is 10.1 Å². The maximum Gasteiger partial charge on any atom is 0.231 e. The molecular weight excluding hydrogens is 404 g/mol. The van der Waals surface area contributed by atoms with Crippen molar-refractivity contribution < 1.29 is 14.6 Å². The third kappa shape index (κ3) is 4.49. The van der Waals surface area contributed by atoms with E-state index < -0.39 is 6.23 Å². The molecule has 0 aliphatic carbocycles. The normalized spacial score (nSPS) is 20.8. The van der Waals surface area contributed by atoms with Crippen LogP contribution >= 0.6 is 0 Å². The van der Waals surface area contributed by atoms with Crippen LogP contribution in [0.1, 0.15) is 68.5 Å². The van der Waals surface area contributed by atoms with Gasteiger partial charge in [-0.2, -0.15) is 0 Å². The lowest BCUT2D eigenvalue weighted by Crippen LogP contribution is -2.61. The molecule has 2 aliphatic heterocycles. The average molecular weight is 437 g/mol. The molecule has 7 nitrogen and oxygen atoms in total. The number of para-hydroxylation sites is 1. The van der Waals surface area contributed by atoms with E-state index in [0.29, 0.717) is 19.6 Å². The molecule has 2 aromatic carbocycles. The maximum absolute atomic E-state index is 12.8. The average Bonchev–Trinajstić information content (AvgIpc) is 2.81. The smallest absolute Gasteiger partial charge is 0.231 e. The van der Waals surface area contributed by atoms with Crippen LogP contribution in [0.5, 0.6) is 5.75 Å². The molecule has 1 saturated heterocycles. The molecule has 170 valence electrons. The van der Waals surface area contributed by atoms with Crippen molar-refractivity contribution >= 4 is 11.9 Å². The van der Waals surface area contributed by atoms with Gasteiger partial charge in [0.05, 0.1) is 19.6 Å². The number of carbonyl (C=O) groups excluding carboxylic acids is 1. The zero-order valence-electron chi connectivity index (χ0n) is 18.7. The van der Waals surface area contributed by atoms with Crippen LogP contribution in [-0.4, -0.2) is 34.0 Å². The van der Waals surface area contributed by atoms with Crippen molar-refractivity contribution in [3.8, 4) is 5.75 Å². The molecule has 2 heterocycles. The zero-order valence-corrected chi connectivity index (χ0v) is 18.7. The number of aliphatic hydroxyl groups is 1. The quantitative estimate of drug-likeness (QED) is 0.497. The molecule has 0 bridgehead atoms. The zero-order chi connectivity index (χ0) is 22.7. The molecule has 32 heavy (non-hydrogen) atoms. The summed E-state index contributed by atoms with van der Waals surface area (Å²) in [6, 6.07) is 15.4. The number of nitrogens with one attached hydrogen (secondary N) is 3. The molecule has 4 N–H and O–H groups in total. The second-order valence-electron chi connectivity index (χ2n) is 8.66. The Morgan fingerprint density at radius 2 is 2.03 bits per heavy atom. The fourth-order valence-electron chi connectivity index (χ4n) is 4.56. The van der Waals surface area contributed by atoms with Gasteiger partial charge in [-0.25, -0.2) is 0 Å². The first kappa shape index (κ1) is 22.3. The fraction of sp³-hybridized carbons (Fsp3) is 0.440. The summed E-state index contributed by atoms with van der Waals surface area (Å²) in [5.41, 5.74) is 2.32. The first-order valence-corrected chi connectivity index (χ1v) is 11.4. The number of hydrogen-bond donors (Lipinski definition) is 4. The summed E-state index contributed by atoms with van der Waals surface area (Å²) < 4.78 is 5.71. The van der Waals surface area contributed by atoms with E-state index >= 15 is 0 Å². The van der Waals surface area contributed by atoms with E-state index in [0.717, 1.165) is 41.7 Å². The van der Waals surface area contributed by atoms with Crippen molar-refractivity contribution in [2.24, 2.45) is 0 Å². The van der Waals surface area contributed by atoms with Crippen molar-refractivity contribution in [3.05, 3.63) is 65.2 Å². The Labute approximate surface area is 189 Å². The lowest BCUT2D eigenvalue weighted by Gasteiger charge is -2.42. The monoisotopic (exact) mass is 436 g/mol. The van der Waals surface area contributed by atoms with E-state index in [1.54, 1.807) is 0 Å². The van der Waals surface area contributed by atoms with Crippen LogP contribution in [0.2, 0.25) is 0 Å². The molecule has 0 aromatic heterocycles. The predicted octanol–water partition coefficient (Wildman–Crippen LogP) is 3.61. The summed E-state index contributed by atoms with van der Waals surface area (Å²) in [6.45, 7) is 4.99. The Balaban J connectivity index is 1.45. The standard InChI is InChI=1S/C25H32N4O3/c1-3-25(4-2)15-22(30)29(24(26)28-25)16-17-8-7-9-18(14-17)23(31)27-20-12-13-32-21-11-6-5-10-19(20)21/h5-11,14,20,23,27,31H,3-4,12-13,15-16H2,1-2H3,(H2,26,28). The van der Waals surface area contributed by atoms with Crippen molar-refractivity contribution in [1.29, 1.82) is 5.41 Å². The van der Waals surface area contributed by atoms with E-state index in [-0.39, 0.29) is 23.4 Å². The number of fused-ring (bicyclic) bond motifs is 1. The summed E-state index contributed by atoms with van der Waals surface area (Å²) >= 11 is 0. The highest BCUT2D eigenvalue weighted by Gasteiger charge is 2.38. The topological polar surface area (TPSA) is 97.7 Å². The largest absolute Gasteiger partial charge is 0.493 e. The predicted molar refractivity (Wildman–Crippen MR) is 123 cm³/mol. The summed E-state index contributed by atoms with van der Waals surface area (Å²) in [7, 11) is 0. The molecule has 1 fully saturated rings. The minimum Gasteiger partial charge on any atom is -0.493 e. The lowest BCUT2D eigenvalue weighted by molar-refractivity contribution is -0.131. The first-order valence-electron chi connectivity index (χ1n) is 11.4. The van der Waals surface area contributed by atoms with Crippen molar-refractivity contribution in [1.82, 2.24) is 15.5 Å². The van der Waals surface area contributed by atoms with Crippen molar-refractivity contribution in [2.45, 2.75) is 63.9 Å². The van der Waals surface area contributed by atoms with Gasteiger partial charge in [-0.15, -0.1) is 0 Å². The van der Waals surface area contributed by atoms with E-state index in [2.05, 4.69) is 10.6 Å². The third-order valence-electron chi connectivity index (χ3n) is 6.72. The van der Waals surface area contributed by atoms with E-state index in [9.17, 15) is 9.90 Å². The van der Waals surface area contributed by atoms with Gasteiger partial charge < -0.3 is 15.2 Å². The summed E-state index contributed by atoms with van der Waals surface area (Å²) in [6.07, 6.45) is 1.90. The Kier molecular flexibility index (Phi) is 6.48. The highest BCUT2D eigenvalue weighted by molar-refractivity contribution is 5.99. The molecule has 2 aromatic rings. The van der Waals surface area contributed by atoms with Gasteiger partial charge in [0.25, 0.3) is 0 Å². The second kappa shape index (κ2) is 9.30. The highest BCUT2D eigenvalue weighted by atomic mass is 16.5. The van der Waals surface area contributed by atoms with Crippen LogP contribution < -0.4 is 15.4 Å². The van der Waals surface area contributed by atoms with Gasteiger partial charge in [0.2, 0.25) is 5.91 Å². The number of carbonyl (C=O) groups is 1. The molecule has 0 spiro atoms. The van der Waals surface area contributed by atoms with Gasteiger partial charge in [-0.3, -0.25) is 20.4 Å². The number of ether oxygens (including phenoxy) is 1. The van der Waals surface area contributed by atoms with Crippen LogP contribution in [0.4, 0.5) is 0 Å². The molecule has 2 unspecified atom stereocenters. The Hall–Kier alpha value is -2.90. The highest BCUT2D eigenvalue weighted by Crippen LogP contribution is 2.33. The molecule has 0 radical (unpaired) electrons.